The molecule has 92 valence electrons. The fraction of sp³-hybridized carbons (Fsp3) is 0.0588. The molecule has 19 heavy (non-hydrogen) atoms. The van der Waals surface area contributed by atoms with Gasteiger partial charge in [0.25, 0.3) is 0 Å². The van der Waals surface area contributed by atoms with Crippen LogP contribution in [0.4, 0.5) is 0 Å². The van der Waals surface area contributed by atoms with E-state index in [1.807, 2.05) is 11.8 Å². The quantitative estimate of drug-likeness (QED) is 0.617. The van der Waals surface area contributed by atoms with Gasteiger partial charge in [0, 0.05) is 16.8 Å². The van der Waals surface area contributed by atoms with Crippen LogP contribution in [0.3, 0.4) is 0 Å². The summed E-state index contributed by atoms with van der Waals surface area (Å²) in [6.45, 7) is 0. The lowest BCUT2D eigenvalue weighted by Crippen LogP contribution is -2.10. The van der Waals surface area contributed by atoms with Crippen LogP contribution >= 0.6 is 11.8 Å². The highest BCUT2D eigenvalue weighted by molar-refractivity contribution is 8.00. The van der Waals surface area contributed by atoms with Crippen LogP contribution in [-0.4, -0.2) is 4.57 Å². The monoisotopic (exact) mass is 263 g/mol. The van der Waals surface area contributed by atoms with Crippen LogP contribution in [0.1, 0.15) is 16.5 Å². The van der Waals surface area contributed by atoms with Gasteiger partial charge in [0.15, 0.2) is 0 Å². The minimum atomic E-state index is 0.381. The van der Waals surface area contributed by atoms with Crippen LogP contribution in [0, 0.1) is 0 Å². The van der Waals surface area contributed by atoms with Gasteiger partial charge in [-0.1, -0.05) is 42.5 Å². The second-order valence-corrected chi connectivity index (χ2v) is 5.83. The number of fused-ring (bicyclic) bond motifs is 3. The van der Waals surface area contributed by atoms with Crippen LogP contribution in [0.25, 0.3) is 5.69 Å². The molecule has 1 atom stereocenters. The van der Waals surface area contributed by atoms with E-state index in [2.05, 4.69) is 77.5 Å². The third kappa shape index (κ3) is 1.71. The van der Waals surface area contributed by atoms with E-state index < -0.39 is 0 Å². The van der Waals surface area contributed by atoms with Gasteiger partial charge in [0.1, 0.15) is 0 Å². The van der Waals surface area contributed by atoms with Gasteiger partial charge in [-0.25, -0.2) is 0 Å². The molecule has 0 N–H and O–H groups in total. The van der Waals surface area contributed by atoms with Crippen molar-refractivity contribution in [2.24, 2.45) is 0 Å². The molecule has 0 spiro atoms. The molecule has 2 heterocycles. The molecule has 2 heteroatoms. The Bertz CT molecular complexity index is 715. The summed E-state index contributed by atoms with van der Waals surface area (Å²) in [5.74, 6) is 0. The summed E-state index contributed by atoms with van der Waals surface area (Å²) in [7, 11) is 0. The fourth-order valence-corrected chi connectivity index (χ4v) is 3.94. The first-order valence-corrected chi connectivity index (χ1v) is 7.30. The number of hydrogen-bond donors (Lipinski definition) is 0. The summed E-state index contributed by atoms with van der Waals surface area (Å²) >= 11 is 1.94. The minimum Gasteiger partial charge on any atom is -0.318 e. The predicted octanol–water partition coefficient (Wildman–Crippen LogP) is 4.67. The molecule has 0 aliphatic carbocycles. The van der Waals surface area contributed by atoms with Crippen LogP contribution in [0.5, 0.6) is 0 Å². The molecule has 4 rings (SSSR count). The Morgan fingerprint density at radius 3 is 2.47 bits per heavy atom. The molecule has 0 unspecified atom stereocenters. The molecular weight excluding hydrogens is 250 g/mol. The number of rotatable bonds is 1. The average molecular weight is 263 g/mol. The van der Waals surface area contributed by atoms with Crippen molar-refractivity contribution in [3.63, 3.8) is 0 Å². The summed E-state index contributed by atoms with van der Waals surface area (Å²) in [5.41, 5.74) is 4.01. The van der Waals surface area contributed by atoms with Gasteiger partial charge in [0.2, 0.25) is 0 Å². The summed E-state index contributed by atoms with van der Waals surface area (Å²) in [4.78, 5) is 1.35. The van der Waals surface area contributed by atoms with Crippen molar-refractivity contribution in [1.82, 2.24) is 4.57 Å². The molecule has 1 aromatic heterocycles. The lowest BCUT2D eigenvalue weighted by atomic mass is 10.1. The molecule has 0 saturated heterocycles. The summed E-state index contributed by atoms with van der Waals surface area (Å²) in [5, 5.41) is 0.381. The SMILES string of the molecule is c1ccc([C@H]2Sc3ccccc3-n3cccc32)cc1. The number of hydrogen-bond acceptors (Lipinski definition) is 1. The summed E-state index contributed by atoms with van der Waals surface area (Å²) in [6.07, 6.45) is 2.16. The van der Waals surface area contributed by atoms with Gasteiger partial charge in [-0.15, -0.1) is 11.8 Å². The average Bonchev–Trinajstić information content (AvgIpc) is 2.97. The largest absolute Gasteiger partial charge is 0.318 e. The summed E-state index contributed by atoms with van der Waals surface area (Å²) in [6, 6.07) is 23.7. The van der Waals surface area contributed by atoms with Crippen molar-refractivity contribution in [1.29, 1.82) is 0 Å². The first kappa shape index (κ1) is 10.9. The highest BCUT2D eigenvalue weighted by Gasteiger charge is 2.25. The maximum Gasteiger partial charge on any atom is 0.0750 e. The maximum absolute atomic E-state index is 2.31. The Morgan fingerprint density at radius 2 is 1.58 bits per heavy atom. The van der Waals surface area contributed by atoms with Crippen LogP contribution in [0.2, 0.25) is 0 Å². The highest BCUT2D eigenvalue weighted by Crippen LogP contribution is 2.47. The summed E-state index contributed by atoms with van der Waals surface area (Å²) < 4.78 is 2.31. The van der Waals surface area contributed by atoms with Crippen molar-refractivity contribution in [2.45, 2.75) is 10.1 Å². The molecule has 0 bridgehead atoms. The van der Waals surface area contributed by atoms with E-state index in [9.17, 15) is 0 Å². The molecule has 0 amide bonds. The van der Waals surface area contributed by atoms with E-state index in [0.717, 1.165) is 0 Å². The standard InChI is InChI=1S/C17H13NS/c1-2-7-13(8-3-1)17-15-10-6-12-18(15)14-9-4-5-11-16(14)19-17/h1-12,17H/t17-/m1/s1. The molecule has 0 saturated carbocycles. The van der Waals surface area contributed by atoms with E-state index >= 15 is 0 Å². The van der Waals surface area contributed by atoms with Crippen LogP contribution in [-0.2, 0) is 0 Å². The number of aromatic nitrogens is 1. The Balaban J connectivity index is 1.91. The molecule has 0 fully saturated rings. The molecule has 1 nitrogen and oxygen atoms in total. The third-order valence-corrected chi connectivity index (χ3v) is 4.87. The van der Waals surface area contributed by atoms with E-state index in [4.69, 9.17) is 0 Å². The number of nitrogens with zero attached hydrogens (tertiary/aromatic N) is 1. The Kier molecular flexibility index (Phi) is 2.49. The van der Waals surface area contributed by atoms with Crippen molar-refractivity contribution in [3.05, 3.63) is 84.2 Å². The third-order valence-electron chi connectivity index (χ3n) is 3.52. The second kappa shape index (κ2) is 4.32. The zero-order valence-electron chi connectivity index (χ0n) is 10.4. The zero-order chi connectivity index (χ0) is 12.7. The van der Waals surface area contributed by atoms with Gasteiger partial charge >= 0.3 is 0 Å². The number of thioether (sulfide) groups is 1. The Hall–Kier alpha value is -1.93. The Labute approximate surface area is 116 Å². The highest BCUT2D eigenvalue weighted by atomic mass is 32.2. The molecule has 1 aliphatic heterocycles. The van der Waals surface area contributed by atoms with E-state index in [0.29, 0.717) is 5.25 Å². The van der Waals surface area contributed by atoms with E-state index in [1.54, 1.807) is 0 Å². The topological polar surface area (TPSA) is 4.93 Å². The van der Waals surface area contributed by atoms with E-state index in [1.165, 1.54) is 21.8 Å². The van der Waals surface area contributed by atoms with Gasteiger partial charge in [-0.2, -0.15) is 0 Å². The number of benzene rings is 2. The molecule has 3 aromatic rings. The minimum absolute atomic E-state index is 0.381. The second-order valence-electron chi connectivity index (χ2n) is 4.68. The van der Waals surface area contributed by atoms with Crippen LogP contribution < -0.4 is 0 Å². The fourth-order valence-electron chi connectivity index (χ4n) is 2.64. The molecular formula is C17H13NS. The van der Waals surface area contributed by atoms with E-state index in [-0.39, 0.29) is 0 Å². The van der Waals surface area contributed by atoms with Gasteiger partial charge in [-0.3, -0.25) is 0 Å². The van der Waals surface area contributed by atoms with Crippen molar-refractivity contribution in [3.8, 4) is 5.69 Å². The first-order valence-electron chi connectivity index (χ1n) is 6.42. The zero-order valence-corrected chi connectivity index (χ0v) is 11.2. The van der Waals surface area contributed by atoms with Gasteiger partial charge in [0.05, 0.1) is 10.9 Å². The molecule has 1 aliphatic rings. The predicted molar refractivity (Wildman–Crippen MR) is 79.9 cm³/mol. The van der Waals surface area contributed by atoms with Crippen LogP contribution in [0.15, 0.2) is 77.8 Å². The van der Waals surface area contributed by atoms with Crippen molar-refractivity contribution in [2.75, 3.05) is 0 Å². The lowest BCUT2D eigenvalue weighted by molar-refractivity contribution is 0.905. The van der Waals surface area contributed by atoms with Gasteiger partial charge < -0.3 is 4.57 Å². The van der Waals surface area contributed by atoms with Gasteiger partial charge in [-0.05, 0) is 29.8 Å². The Morgan fingerprint density at radius 1 is 0.789 bits per heavy atom. The van der Waals surface area contributed by atoms with Crippen molar-refractivity contribution >= 4 is 11.8 Å². The smallest absolute Gasteiger partial charge is 0.0750 e. The normalized spacial score (nSPS) is 16.7. The first-order chi connectivity index (χ1) is 9.43. The maximum atomic E-state index is 2.31. The lowest BCUT2D eigenvalue weighted by Gasteiger charge is -2.27. The molecule has 0 radical (unpaired) electrons. The van der Waals surface area contributed by atoms with Crippen molar-refractivity contribution < 1.29 is 0 Å². The number of para-hydroxylation sites is 1. The molecule has 2 aromatic carbocycles.